The van der Waals surface area contributed by atoms with Gasteiger partial charge in [0.1, 0.15) is 17.1 Å². The summed E-state index contributed by atoms with van der Waals surface area (Å²) < 4.78 is 11.5. The Bertz CT molecular complexity index is 1500. The van der Waals surface area contributed by atoms with E-state index in [4.69, 9.17) is 9.47 Å². The van der Waals surface area contributed by atoms with Gasteiger partial charge in [-0.3, -0.25) is 9.69 Å². The van der Waals surface area contributed by atoms with E-state index in [9.17, 15) is 4.79 Å². The Morgan fingerprint density at radius 2 is 1.62 bits per heavy atom. The highest BCUT2D eigenvalue weighted by molar-refractivity contribution is 6.06. The van der Waals surface area contributed by atoms with Crippen LogP contribution in [0.4, 0.5) is 23.0 Å². The zero-order valence-corrected chi connectivity index (χ0v) is 24.7. The monoisotopic (exact) mass is 566 g/mol. The predicted molar refractivity (Wildman–Crippen MR) is 168 cm³/mol. The zero-order valence-electron chi connectivity index (χ0n) is 24.7. The molecule has 2 heterocycles. The quantitative estimate of drug-likeness (QED) is 0.227. The Labute approximate surface area is 247 Å². The van der Waals surface area contributed by atoms with E-state index in [0.717, 1.165) is 55.2 Å². The topological polar surface area (TPSA) is 91.9 Å². The number of nitrogens with one attached hydrogen (secondary N) is 2. The Balaban J connectivity index is 1.36. The largest absolute Gasteiger partial charge is 0.497 e. The van der Waals surface area contributed by atoms with E-state index in [0.29, 0.717) is 17.4 Å². The number of rotatable bonds is 10. The van der Waals surface area contributed by atoms with E-state index in [-0.39, 0.29) is 17.4 Å². The van der Waals surface area contributed by atoms with Crippen molar-refractivity contribution < 1.29 is 14.3 Å². The number of methoxy groups -OCH3 is 1. The molecule has 3 aromatic carbocycles. The minimum Gasteiger partial charge on any atom is -0.497 e. The molecule has 2 N–H and O–H groups in total. The van der Waals surface area contributed by atoms with Gasteiger partial charge in [0.05, 0.1) is 7.11 Å². The van der Waals surface area contributed by atoms with E-state index in [1.807, 2.05) is 56.3 Å². The average Bonchev–Trinajstić information content (AvgIpc) is 3.00. The second kappa shape index (κ2) is 13.4. The van der Waals surface area contributed by atoms with Gasteiger partial charge in [0.2, 0.25) is 11.8 Å². The number of carbonyl (C=O) groups is 1. The summed E-state index contributed by atoms with van der Waals surface area (Å²) in [5.41, 5.74) is 4.92. The maximum absolute atomic E-state index is 13.4. The number of carbonyl (C=O) groups excluding carboxylic acids is 1. The minimum atomic E-state index is -0.361. The lowest BCUT2D eigenvalue weighted by Gasteiger charge is -2.36. The number of ether oxygens (including phenoxy) is 2. The van der Waals surface area contributed by atoms with Crippen LogP contribution >= 0.6 is 0 Å². The highest BCUT2D eigenvalue weighted by atomic mass is 16.5. The maximum Gasteiger partial charge on any atom is 0.262 e. The van der Waals surface area contributed by atoms with Gasteiger partial charge in [0, 0.05) is 55.5 Å². The van der Waals surface area contributed by atoms with Crippen molar-refractivity contribution in [3.63, 3.8) is 0 Å². The normalized spacial score (nSPS) is 13.5. The number of aryl methyl sites for hydroxylation is 2. The standard InChI is InChI=1S/C33H38N6O3/c1-5-16-38-17-19-39(20-18-38)26-14-12-25(13-15-26)35-33-34-22-29(31(40)36-30-23(2)8-6-9-24(30)3)32(37-33)42-28-11-7-10-27(21-28)41-4/h6-15,21-22H,5,16-20H2,1-4H3,(H,36,40)(H,34,35,37). The van der Waals surface area contributed by atoms with Crippen molar-refractivity contribution in [2.45, 2.75) is 27.2 Å². The van der Waals surface area contributed by atoms with Gasteiger partial charge in [-0.05, 0) is 74.3 Å². The van der Waals surface area contributed by atoms with E-state index >= 15 is 0 Å². The summed E-state index contributed by atoms with van der Waals surface area (Å²) in [6.45, 7) is 11.5. The first kappa shape index (κ1) is 28.9. The van der Waals surface area contributed by atoms with Crippen LogP contribution in [0.5, 0.6) is 17.4 Å². The molecule has 4 aromatic rings. The summed E-state index contributed by atoms with van der Waals surface area (Å²) in [5.74, 6) is 1.21. The fourth-order valence-electron chi connectivity index (χ4n) is 5.06. The van der Waals surface area contributed by atoms with Crippen LogP contribution in [0.3, 0.4) is 0 Å². The van der Waals surface area contributed by atoms with E-state index in [1.165, 1.54) is 18.3 Å². The number of amides is 1. The van der Waals surface area contributed by atoms with Gasteiger partial charge in [-0.15, -0.1) is 0 Å². The van der Waals surface area contributed by atoms with Gasteiger partial charge in [0.25, 0.3) is 5.91 Å². The van der Waals surface area contributed by atoms with Crippen LogP contribution in [-0.2, 0) is 0 Å². The minimum absolute atomic E-state index is 0.131. The number of para-hydroxylation sites is 1. The fraction of sp³-hybridized carbons (Fsp3) is 0.303. The third-order valence-electron chi connectivity index (χ3n) is 7.37. The SMILES string of the molecule is CCCN1CCN(c2ccc(Nc3ncc(C(=O)Nc4c(C)cccc4C)c(Oc4cccc(OC)c4)n3)cc2)CC1. The molecule has 42 heavy (non-hydrogen) atoms. The summed E-state index contributed by atoms with van der Waals surface area (Å²) >= 11 is 0. The molecule has 5 rings (SSSR count). The van der Waals surface area contributed by atoms with E-state index in [1.54, 1.807) is 19.2 Å². The molecule has 1 saturated heterocycles. The Kier molecular flexibility index (Phi) is 9.18. The highest BCUT2D eigenvalue weighted by Gasteiger charge is 2.20. The fourth-order valence-corrected chi connectivity index (χ4v) is 5.06. The molecule has 0 unspecified atom stereocenters. The third kappa shape index (κ3) is 6.98. The number of hydrogen-bond acceptors (Lipinski definition) is 8. The third-order valence-corrected chi connectivity index (χ3v) is 7.37. The first-order chi connectivity index (χ1) is 20.4. The lowest BCUT2D eigenvalue weighted by atomic mass is 10.1. The van der Waals surface area contributed by atoms with E-state index in [2.05, 4.69) is 49.5 Å². The molecule has 0 radical (unpaired) electrons. The molecular formula is C33H38N6O3. The van der Waals surface area contributed by atoms with Crippen molar-refractivity contribution in [3.8, 4) is 17.4 Å². The van der Waals surface area contributed by atoms with Crippen molar-refractivity contribution in [1.29, 1.82) is 0 Å². The number of hydrogen-bond donors (Lipinski definition) is 2. The van der Waals surface area contributed by atoms with Gasteiger partial charge >= 0.3 is 0 Å². The Morgan fingerprint density at radius 1 is 0.929 bits per heavy atom. The summed E-state index contributed by atoms with van der Waals surface area (Å²) in [7, 11) is 1.59. The molecular weight excluding hydrogens is 528 g/mol. The molecule has 0 spiro atoms. The van der Waals surface area contributed by atoms with Crippen LogP contribution in [0, 0.1) is 13.8 Å². The number of nitrogens with zero attached hydrogens (tertiary/aromatic N) is 4. The van der Waals surface area contributed by atoms with Crippen molar-refractivity contribution >= 4 is 28.9 Å². The average molecular weight is 567 g/mol. The summed E-state index contributed by atoms with van der Waals surface area (Å²) in [5, 5.41) is 6.26. The highest BCUT2D eigenvalue weighted by Crippen LogP contribution is 2.29. The summed E-state index contributed by atoms with van der Waals surface area (Å²) in [6.07, 6.45) is 2.67. The van der Waals surface area contributed by atoms with Crippen molar-refractivity contribution in [3.05, 3.63) is 89.6 Å². The van der Waals surface area contributed by atoms with Crippen LogP contribution < -0.4 is 25.0 Å². The first-order valence-corrected chi connectivity index (χ1v) is 14.3. The van der Waals surface area contributed by atoms with Crippen LogP contribution in [0.25, 0.3) is 0 Å². The van der Waals surface area contributed by atoms with E-state index < -0.39 is 0 Å². The molecule has 1 fully saturated rings. The van der Waals surface area contributed by atoms with Crippen LogP contribution in [0.1, 0.15) is 34.8 Å². The predicted octanol–water partition coefficient (Wildman–Crippen LogP) is 6.42. The number of aromatic nitrogens is 2. The lowest BCUT2D eigenvalue weighted by molar-refractivity contribution is 0.102. The molecule has 9 nitrogen and oxygen atoms in total. The summed E-state index contributed by atoms with van der Waals surface area (Å²) in [6, 6.07) is 21.3. The molecule has 0 atom stereocenters. The van der Waals surface area contributed by atoms with Gasteiger partial charge < -0.3 is 25.0 Å². The molecule has 218 valence electrons. The Hall–Kier alpha value is -4.63. The molecule has 1 amide bonds. The lowest BCUT2D eigenvalue weighted by Crippen LogP contribution is -2.46. The second-order valence-corrected chi connectivity index (χ2v) is 10.4. The van der Waals surface area contributed by atoms with Gasteiger partial charge in [-0.1, -0.05) is 31.2 Å². The Morgan fingerprint density at radius 3 is 2.31 bits per heavy atom. The molecule has 1 aromatic heterocycles. The van der Waals surface area contributed by atoms with Crippen LogP contribution in [0.2, 0.25) is 0 Å². The molecule has 1 aliphatic rings. The maximum atomic E-state index is 13.4. The zero-order chi connectivity index (χ0) is 29.5. The molecule has 1 aliphatic heterocycles. The van der Waals surface area contributed by atoms with Gasteiger partial charge in [-0.2, -0.15) is 4.98 Å². The number of piperazine rings is 1. The van der Waals surface area contributed by atoms with Crippen LogP contribution in [-0.4, -0.2) is 60.6 Å². The molecule has 0 aliphatic carbocycles. The smallest absolute Gasteiger partial charge is 0.262 e. The van der Waals surface area contributed by atoms with Crippen LogP contribution in [0.15, 0.2) is 72.9 Å². The van der Waals surface area contributed by atoms with Gasteiger partial charge in [0.15, 0.2) is 0 Å². The molecule has 0 bridgehead atoms. The number of benzene rings is 3. The first-order valence-electron chi connectivity index (χ1n) is 14.3. The van der Waals surface area contributed by atoms with Crippen molar-refractivity contribution in [2.75, 3.05) is 55.4 Å². The van der Waals surface area contributed by atoms with Crippen molar-refractivity contribution in [1.82, 2.24) is 14.9 Å². The summed E-state index contributed by atoms with van der Waals surface area (Å²) in [4.78, 5) is 27.4. The number of anilines is 4. The van der Waals surface area contributed by atoms with Crippen molar-refractivity contribution in [2.24, 2.45) is 0 Å². The van der Waals surface area contributed by atoms with Gasteiger partial charge in [-0.25, -0.2) is 4.98 Å². The molecule has 0 saturated carbocycles. The second-order valence-electron chi connectivity index (χ2n) is 10.4. The molecule has 9 heteroatoms.